The van der Waals surface area contributed by atoms with Gasteiger partial charge >= 0.3 is 5.97 Å². The normalized spacial score (nSPS) is 13.6. The molecule has 0 radical (unpaired) electrons. The van der Waals surface area contributed by atoms with E-state index in [1.807, 2.05) is 12.1 Å². The number of carbonyl (C=O) groups is 1. The molecule has 1 heterocycles. The van der Waals surface area contributed by atoms with E-state index in [-0.39, 0.29) is 0 Å². The second kappa shape index (κ2) is 5.78. The number of benzene rings is 1. The molecule has 1 fully saturated rings. The first kappa shape index (κ1) is 13.4. The van der Waals surface area contributed by atoms with Crippen molar-refractivity contribution in [1.29, 1.82) is 0 Å². The molecular weight excluding hydrogens is 268 g/mol. The van der Waals surface area contributed by atoms with E-state index < -0.39 is 5.97 Å². The number of methoxy groups -OCH3 is 1. The van der Waals surface area contributed by atoms with Crippen LogP contribution in [0.4, 0.5) is 17.5 Å². The molecule has 0 atom stereocenters. The van der Waals surface area contributed by atoms with Gasteiger partial charge in [0.2, 0.25) is 5.95 Å². The molecule has 3 rings (SSSR count). The van der Waals surface area contributed by atoms with Gasteiger partial charge in [-0.05, 0) is 31.0 Å². The SMILES string of the molecule is COC(=O)c1ccccc1Nc1nccc(NC2CC2)n1. The van der Waals surface area contributed by atoms with Crippen LogP contribution in [0.2, 0.25) is 0 Å². The molecule has 0 spiro atoms. The number of nitrogens with one attached hydrogen (secondary N) is 2. The lowest BCUT2D eigenvalue weighted by atomic mass is 10.2. The second-order valence-electron chi connectivity index (χ2n) is 4.85. The summed E-state index contributed by atoms with van der Waals surface area (Å²) < 4.78 is 4.77. The average molecular weight is 284 g/mol. The van der Waals surface area contributed by atoms with Crippen molar-refractivity contribution in [2.24, 2.45) is 0 Å². The van der Waals surface area contributed by atoms with Gasteiger partial charge in [-0.2, -0.15) is 4.98 Å². The number of nitrogens with zero attached hydrogens (tertiary/aromatic N) is 2. The maximum Gasteiger partial charge on any atom is 0.339 e. The topological polar surface area (TPSA) is 76.1 Å². The fourth-order valence-electron chi connectivity index (χ4n) is 1.94. The molecule has 1 aromatic carbocycles. The lowest BCUT2D eigenvalue weighted by Crippen LogP contribution is -2.08. The largest absolute Gasteiger partial charge is 0.465 e. The highest BCUT2D eigenvalue weighted by atomic mass is 16.5. The maximum atomic E-state index is 11.7. The lowest BCUT2D eigenvalue weighted by Gasteiger charge is -2.10. The van der Waals surface area contributed by atoms with Crippen molar-refractivity contribution < 1.29 is 9.53 Å². The van der Waals surface area contributed by atoms with E-state index in [4.69, 9.17) is 4.74 Å². The summed E-state index contributed by atoms with van der Waals surface area (Å²) in [5, 5.41) is 6.37. The van der Waals surface area contributed by atoms with Crippen LogP contribution < -0.4 is 10.6 Å². The molecular formula is C15H16N4O2. The van der Waals surface area contributed by atoms with Crippen LogP contribution in [0.3, 0.4) is 0 Å². The fraction of sp³-hybridized carbons (Fsp3) is 0.267. The summed E-state index contributed by atoms with van der Waals surface area (Å²) in [4.78, 5) is 20.3. The Labute approximate surface area is 122 Å². The van der Waals surface area contributed by atoms with Crippen LogP contribution in [0.15, 0.2) is 36.5 Å². The molecule has 108 valence electrons. The molecule has 1 aromatic heterocycles. The number of ether oxygens (including phenoxy) is 1. The van der Waals surface area contributed by atoms with Gasteiger partial charge in [-0.15, -0.1) is 0 Å². The molecule has 6 nitrogen and oxygen atoms in total. The molecule has 0 amide bonds. The predicted octanol–water partition coefficient (Wildman–Crippen LogP) is 2.58. The first-order valence-corrected chi connectivity index (χ1v) is 6.80. The van der Waals surface area contributed by atoms with Gasteiger partial charge in [-0.25, -0.2) is 9.78 Å². The zero-order valence-corrected chi connectivity index (χ0v) is 11.7. The first-order valence-electron chi connectivity index (χ1n) is 6.80. The maximum absolute atomic E-state index is 11.7. The Bertz CT molecular complexity index is 656. The standard InChI is InChI=1S/C15H16N4O2/c1-21-14(20)11-4-2-3-5-12(11)18-15-16-9-8-13(19-15)17-10-6-7-10/h2-5,8-10H,6-7H2,1H3,(H2,16,17,18,19). The van der Waals surface area contributed by atoms with Crippen LogP contribution in [0.1, 0.15) is 23.2 Å². The highest BCUT2D eigenvalue weighted by molar-refractivity contribution is 5.96. The number of hydrogen-bond donors (Lipinski definition) is 2. The van der Waals surface area contributed by atoms with Gasteiger partial charge in [0, 0.05) is 12.2 Å². The Morgan fingerprint density at radius 1 is 1.29 bits per heavy atom. The van der Waals surface area contributed by atoms with Crippen LogP contribution in [-0.2, 0) is 4.74 Å². The van der Waals surface area contributed by atoms with Crippen molar-refractivity contribution in [3.8, 4) is 0 Å². The third-order valence-corrected chi connectivity index (χ3v) is 3.16. The van der Waals surface area contributed by atoms with Gasteiger partial charge in [-0.1, -0.05) is 12.1 Å². The highest BCUT2D eigenvalue weighted by Crippen LogP contribution is 2.24. The minimum Gasteiger partial charge on any atom is -0.465 e. The van der Waals surface area contributed by atoms with Crippen LogP contribution in [-0.4, -0.2) is 29.1 Å². The van der Waals surface area contributed by atoms with Crippen molar-refractivity contribution in [1.82, 2.24) is 9.97 Å². The van der Waals surface area contributed by atoms with E-state index in [9.17, 15) is 4.79 Å². The second-order valence-corrected chi connectivity index (χ2v) is 4.85. The van der Waals surface area contributed by atoms with Crippen molar-refractivity contribution in [2.75, 3.05) is 17.7 Å². The van der Waals surface area contributed by atoms with Crippen LogP contribution in [0.5, 0.6) is 0 Å². The molecule has 2 aromatic rings. The Morgan fingerprint density at radius 3 is 2.86 bits per heavy atom. The molecule has 0 unspecified atom stereocenters. The molecule has 2 N–H and O–H groups in total. The average Bonchev–Trinajstić information content (AvgIpc) is 3.31. The van der Waals surface area contributed by atoms with Crippen LogP contribution in [0, 0.1) is 0 Å². The van der Waals surface area contributed by atoms with Gasteiger partial charge < -0.3 is 15.4 Å². The smallest absolute Gasteiger partial charge is 0.339 e. The molecule has 1 aliphatic rings. The lowest BCUT2D eigenvalue weighted by molar-refractivity contribution is 0.0602. The third-order valence-electron chi connectivity index (χ3n) is 3.16. The summed E-state index contributed by atoms with van der Waals surface area (Å²) in [7, 11) is 1.36. The molecule has 1 aliphatic carbocycles. The minimum absolute atomic E-state index is 0.398. The number of esters is 1. The van der Waals surface area contributed by atoms with E-state index in [0.29, 0.717) is 23.2 Å². The van der Waals surface area contributed by atoms with Gasteiger partial charge in [0.15, 0.2) is 0 Å². The zero-order chi connectivity index (χ0) is 14.7. The quantitative estimate of drug-likeness (QED) is 0.822. The Morgan fingerprint density at radius 2 is 2.10 bits per heavy atom. The number of para-hydroxylation sites is 1. The zero-order valence-electron chi connectivity index (χ0n) is 11.7. The predicted molar refractivity (Wildman–Crippen MR) is 79.7 cm³/mol. The molecule has 0 saturated heterocycles. The molecule has 21 heavy (non-hydrogen) atoms. The van der Waals surface area contributed by atoms with Gasteiger partial charge in [0.05, 0.1) is 18.4 Å². The monoisotopic (exact) mass is 284 g/mol. The minimum atomic E-state index is -0.398. The summed E-state index contributed by atoms with van der Waals surface area (Å²) in [5.74, 6) is 0.827. The van der Waals surface area contributed by atoms with E-state index in [1.165, 1.54) is 20.0 Å². The van der Waals surface area contributed by atoms with E-state index in [0.717, 1.165) is 5.82 Å². The van der Waals surface area contributed by atoms with Crippen LogP contribution >= 0.6 is 0 Å². The van der Waals surface area contributed by atoms with Gasteiger partial charge in [0.25, 0.3) is 0 Å². The van der Waals surface area contributed by atoms with E-state index >= 15 is 0 Å². The number of rotatable bonds is 5. The highest BCUT2D eigenvalue weighted by Gasteiger charge is 2.21. The Balaban J connectivity index is 1.81. The fourth-order valence-corrected chi connectivity index (χ4v) is 1.94. The van der Waals surface area contributed by atoms with Crippen molar-refractivity contribution in [3.05, 3.63) is 42.1 Å². The number of carbonyl (C=O) groups excluding carboxylic acids is 1. The molecule has 0 aliphatic heterocycles. The molecule has 6 heteroatoms. The van der Waals surface area contributed by atoms with Crippen molar-refractivity contribution >= 4 is 23.4 Å². The summed E-state index contributed by atoms with van der Waals surface area (Å²) in [5.41, 5.74) is 1.07. The van der Waals surface area contributed by atoms with Crippen LogP contribution in [0.25, 0.3) is 0 Å². The first-order chi connectivity index (χ1) is 10.3. The van der Waals surface area contributed by atoms with Gasteiger partial charge in [-0.3, -0.25) is 0 Å². The number of aromatic nitrogens is 2. The Kier molecular flexibility index (Phi) is 3.68. The molecule has 0 bridgehead atoms. The summed E-state index contributed by atoms with van der Waals surface area (Å²) in [6.45, 7) is 0. The van der Waals surface area contributed by atoms with Gasteiger partial charge in [0.1, 0.15) is 5.82 Å². The van der Waals surface area contributed by atoms with E-state index in [1.54, 1.807) is 24.4 Å². The summed E-state index contributed by atoms with van der Waals surface area (Å²) in [6, 6.07) is 9.45. The summed E-state index contributed by atoms with van der Waals surface area (Å²) >= 11 is 0. The Hall–Kier alpha value is -2.63. The van der Waals surface area contributed by atoms with Crippen molar-refractivity contribution in [2.45, 2.75) is 18.9 Å². The third kappa shape index (κ3) is 3.28. The number of hydrogen-bond acceptors (Lipinski definition) is 6. The number of anilines is 3. The van der Waals surface area contributed by atoms with Crippen molar-refractivity contribution in [3.63, 3.8) is 0 Å². The summed E-state index contributed by atoms with van der Waals surface area (Å²) in [6.07, 6.45) is 4.04. The van der Waals surface area contributed by atoms with E-state index in [2.05, 4.69) is 20.6 Å². The molecule has 1 saturated carbocycles.